The van der Waals surface area contributed by atoms with Crippen molar-refractivity contribution in [3.63, 3.8) is 0 Å². The van der Waals surface area contributed by atoms with Crippen LogP contribution in [0.4, 0.5) is 0 Å². The van der Waals surface area contributed by atoms with Gasteiger partial charge in [0.1, 0.15) is 0 Å². The largest absolute Gasteiger partial charge is 0.342 e. The molecule has 1 aliphatic heterocycles. The molecule has 0 saturated carbocycles. The van der Waals surface area contributed by atoms with Crippen LogP contribution in [0.1, 0.15) is 30.6 Å². The molecule has 2 rings (SSSR count). The number of thiophene rings is 1. The van der Waals surface area contributed by atoms with Crippen LogP contribution in [0.5, 0.6) is 0 Å². The van der Waals surface area contributed by atoms with Crippen molar-refractivity contribution in [3.05, 3.63) is 20.8 Å². The zero-order chi connectivity index (χ0) is 13.5. The lowest BCUT2D eigenvalue weighted by Gasteiger charge is -2.20. The minimum absolute atomic E-state index is 0.259. The number of likely N-dealkylation sites (tertiary alicyclic amines) is 1. The Morgan fingerprint density at radius 3 is 2.63 bits per heavy atom. The van der Waals surface area contributed by atoms with Gasteiger partial charge in [0.25, 0.3) is 0 Å². The van der Waals surface area contributed by atoms with E-state index in [0.29, 0.717) is 6.54 Å². The summed E-state index contributed by atoms with van der Waals surface area (Å²) >= 11 is 5.22. The summed E-state index contributed by atoms with van der Waals surface area (Å²) in [6.45, 7) is 3.23. The number of hydrogen-bond donors (Lipinski definition) is 1. The van der Waals surface area contributed by atoms with Crippen LogP contribution < -0.4 is 5.32 Å². The molecule has 1 saturated heterocycles. The fourth-order valence-corrected chi connectivity index (χ4v) is 3.81. The second-order valence-corrected chi connectivity index (χ2v) is 7.48. The van der Waals surface area contributed by atoms with Gasteiger partial charge >= 0.3 is 0 Å². The first-order valence-corrected chi connectivity index (χ1v) is 8.59. The summed E-state index contributed by atoms with van der Waals surface area (Å²) in [5.74, 6) is 0.259. The molecule has 1 amide bonds. The summed E-state index contributed by atoms with van der Waals surface area (Å²) in [4.78, 5) is 15.4. The van der Waals surface area contributed by atoms with Crippen LogP contribution in [0.25, 0.3) is 0 Å². The van der Waals surface area contributed by atoms with Gasteiger partial charge in [-0.1, -0.05) is 12.8 Å². The highest BCUT2D eigenvalue weighted by Crippen LogP contribution is 2.22. The average molecular weight is 345 g/mol. The monoisotopic (exact) mass is 344 g/mol. The third-order valence-electron chi connectivity index (χ3n) is 3.41. The van der Waals surface area contributed by atoms with E-state index in [1.54, 1.807) is 11.3 Å². The maximum absolute atomic E-state index is 12.0. The predicted molar refractivity (Wildman–Crippen MR) is 83.6 cm³/mol. The van der Waals surface area contributed by atoms with E-state index in [9.17, 15) is 4.79 Å². The van der Waals surface area contributed by atoms with Crippen molar-refractivity contribution < 1.29 is 4.79 Å². The van der Waals surface area contributed by atoms with Crippen LogP contribution in [-0.4, -0.2) is 37.0 Å². The second-order valence-electron chi connectivity index (χ2n) is 4.93. The SMILES string of the molecule is O=C(CNCCc1ccc(Br)s1)N1CCCCCC1. The van der Waals surface area contributed by atoms with Crippen molar-refractivity contribution in [1.82, 2.24) is 10.2 Å². The van der Waals surface area contributed by atoms with Gasteiger partial charge in [-0.3, -0.25) is 4.79 Å². The molecule has 0 bridgehead atoms. The van der Waals surface area contributed by atoms with E-state index in [2.05, 4.69) is 33.4 Å². The standard InChI is InChI=1S/C14H21BrN2OS/c15-13-6-5-12(19-13)7-8-16-11-14(18)17-9-3-1-2-4-10-17/h5-6,16H,1-4,7-11H2. The topological polar surface area (TPSA) is 32.3 Å². The molecular weight excluding hydrogens is 324 g/mol. The van der Waals surface area contributed by atoms with Crippen LogP contribution in [0.2, 0.25) is 0 Å². The van der Waals surface area contributed by atoms with Gasteiger partial charge in [-0.15, -0.1) is 11.3 Å². The minimum Gasteiger partial charge on any atom is -0.342 e. The van der Waals surface area contributed by atoms with Crippen molar-refractivity contribution in [2.24, 2.45) is 0 Å². The van der Waals surface area contributed by atoms with E-state index < -0.39 is 0 Å². The van der Waals surface area contributed by atoms with Crippen LogP contribution in [-0.2, 0) is 11.2 Å². The van der Waals surface area contributed by atoms with Crippen molar-refractivity contribution in [2.45, 2.75) is 32.1 Å². The lowest BCUT2D eigenvalue weighted by Crippen LogP contribution is -2.39. The third-order valence-corrected chi connectivity index (χ3v) is 5.10. The van der Waals surface area contributed by atoms with Gasteiger partial charge < -0.3 is 10.2 Å². The van der Waals surface area contributed by atoms with Crippen molar-refractivity contribution in [3.8, 4) is 0 Å². The Morgan fingerprint density at radius 2 is 2.00 bits per heavy atom. The lowest BCUT2D eigenvalue weighted by atomic mass is 10.2. The zero-order valence-corrected chi connectivity index (χ0v) is 13.6. The molecule has 0 spiro atoms. The van der Waals surface area contributed by atoms with Gasteiger partial charge in [0.05, 0.1) is 10.3 Å². The van der Waals surface area contributed by atoms with Crippen molar-refractivity contribution >= 4 is 33.2 Å². The zero-order valence-electron chi connectivity index (χ0n) is 11.2. The highest BCUT2D eigenvalue weighted by Gasteiger charge is 2.14. The predicted octanol–water partition coefficient (Wildman–Crippen LogP) is 3.05. The average Bonchev–Trinajstić information content (AvgIpc) is 2.67. The van der Waals surface area contributed by atoms with E-state index in [1.807, 2.05) is 4.90 Å². The Bertz CT molecular complexity index is 400. The maximum Gasteiger partial charge on any atom is 0.236 e. The number of nitrogens with one attached hydrogen (secondary N) is 1. The molecule has 19 heavy (non-hydrogen) atoms. The normalized spacial score (nSPS) is 16.4. The van der Waals surface area contributed by atoms with E-state index in [0.717, 1.165) is 38.9 Å². The van der Waals surface area contributed by atoms with E-state index in [4.69, 9.17) is 0 Å². The number of halogens is 1. The van der Waals surface area contributed by atoms with Crippen molar-refractivity contribution in [1.29, 1.82) is 0 Å². The molecule has 1 N–H and O–H groups in total. The molecule has 0 radical (unpaired) electrons. The summed E-state index contributed by atoms with van der Waals surface area (Å²) < 4.78 is 1.17. The van der Waals surface area contributed by atoms with Crippen LogP contribution in [0.15, 0.2) is 15.9 Å². The summed E-state index contributed by atoms with van der Waals surface area (Å²) in [5.41, 5.74) is 0. The Morgan fingerprint density at radius 1 is 1.26 bits per heavy atom. The molecule has 1 aromatic rings. The van der Waals surface area contributed by atoms with Crippen LogP contribution >= 0.6 is 27.3 Å². The summed E-state index contributed by atoms with van der Waals surface area (Å²) in [7, 11) is 0. The molecule has 1 aromatic heterocycles. The molecule has 5 heteroatoms. The van der Waals surface area contributed by atoms with Gasteiger partial charge in [0, 0.05) is 24.5 Å². The number of nitrogens with zero attached hydrogens (tertiary/aromatic N) is 1. The molecule has 0 atom stereocenters. The van der Waals surface area contributed by atoms with Gasteiger partial charge in [-0.25, -0.2) is 0 Å². The first kappa shape index (κ1) is 15.0. The molecule has 1 aliphatic rings. The summed E-state index contributed by atoms with van der Waals surface area (Å²) in [6.07, 6.45) is 5.85. The summed E-state index contributed by atoms with van der Waals surface area (Å²) in [6, 6.07) is 4.20. The molecule has 1 fully saturated rings. The van der Waals surface area contributed by atoms with Crippen molar-refractivity contribution in [2.75, 3.05) is 26.2 Å². The van der Waals surface area contributed by atoms with Crippen LogP contribution in [0.3, 0.4) is 0 Å². The molecule has 0 aromatic carbocycles. The molecular formula is C14H21BrN2OS. The van der Waals surface area contributed by atoms with E-state index in [-0.39, 0.29) is 5.91 Å². The highest BCUT2D eigenvalue weighted by molar-refractivity contribution is 9.11. The lowest BCUT2D eigenvalue weighted by molar-refractivity contribution is -0.130. The van der Waals surface area contributed by atoms with Gasteiger partial charge in [-0.2, -0.15) is 0 Å². The molecule has 0 unspecified atom stereocenters. The number of carbonyl (C=O) groups is 1. The van der Waals surface area contributed by atoms with Gasteiger partial charge in [0.15, 0.2) is 0 Å². The Kier molecular flexibility index (Phi) is 6.34. The van der Waals surface area contributed by atoms with Crippen LogP contribution in [0, 0.1) is 0 Å². The Labute approximate surface area is 127 Å². The molecule has 2 heterocycles. The number of carbonyl (C=O) groups excluding carboxylic acids is 1. The van der Waals surface area contributed by atoms with Gasteiger partial charge in [0.2, 0.25) is 5.91 Å². The highest BCUT2D eigenvalue weighted by atomic mass is 79.9. The fourth-order valence-electron chi connectivity index (χ4n) is 2.32. The number of amides is 1. The Balaban J connectivity index is 1.63. The smallest absolute Gasteiger partial charge is 0.236 e. The molecule has 106 valence electrons. The molecule has 3 nitrogen and oxygen atoms in total. The Hall–Kier alpha value is -0.390. The number of rotatable bonds is 5. The minimum atomic E-state index is 0.259. The molecule has 0 aliphatic carbocycles. The fraction of sp³-hybridized carbons (Fsp3) is 0.643. The maximum atomic E-state index is 12.0. The van der Waals surface area contributed by atoms with Gasteiger partial charge in [-0.05, 0) is 47.3 Å². The first-order valence-electron chi connectivity index (χ1n) is 6.98. The first-order chi connectivity index (χ1) is 9.25. The third kappa shape index (κ3) is 5.24. The summed E-state index contributed by atoms with van der Waals surface area (Å²) in [5, 5.41) is 3.26. The second kappa shape index (κ2) is 8.02. The number of hydrogen-bond acceptors (Lipinski definition) is 3. The quantitative estimate of drug-likeness (QED) is 0.832. The van der Waals surface area contributed by atoms with E-state index in [1.165, 1.54) is 21.5 Å². The van der Waals surface area contributed by atoms with E-state index >= 15 is 0 Å².